The van der Waals surface area contributed by atoms with Gasteiger partial charge in [0.15, 0.2) is 6.10 Å². The summed E-state index contributed by atoms with van der Waals surface area (Å²) >= 11 is 0. The summed E-state index contributed by atoms with van der Waals surface area (Å²) in [7, 11) is 4.25. The van der Waals surface area contributed by atoms with Crippen molar-refractivity contribution < 1.29 is 13.9 Å². The van der Waals surface area contributed by atoms with Gasteiger partial charge in [-0.2, -0.15) is 9.97 Å². The fourth-order valence-corrected chi connectivity index (χ4v) is 6.89. The lowest BCUT2D eigenvalue weighted by atomic mass is 9.98. The van der Waals surface area contributed by atoms with Gasteiger partial charge in [-0.3, -0.25) is 0 Å². The lowest BCUT2D eigenvalue weighted by Crippen LogP contribution is -2.41. The van der Waals surface area contributed by atoms with Gasteiger partial charge in [-0.05, 0) is 56.8 Å². The molecule has 0 radical (unpaired) electrons. The molecule has 2 aliphatic heterocycles. The van der Waals surface area contributed by atoms with E-state index in [1.807, 2.05) is 0 Å². The number of hydrogen-bond donors (Lipinski definition) is 0. The number of benzene rings is 2. The second-order valence-electron chi connectivity index (χ2n) is 13.5. The van der Waals surface area contributed by atoms with E-state index in [2.05, 4.69) is 96.2 Å². The molecule has 3 aliphatic rings. The monoisotopic (exact) mass is 611 g/mol. The van der Waals surface area contributed by atoms with Crippen molar-refractivity contribution in [3.8, 4) is 6.01 Å². The van der Waals surface area contributed by atoms with Crippen LogP contribution >= 0.6 is 0 Å². The summed E-state index contributed by atoms with van der Waals surface area (Å²) in [6, 6.07) is 13.7. The molecular formula is C35H45N7O3. The Balaban J connectivity index is 1.21. The van der Waals surface area contributed by atoms with Crippen molar-refractivity contribution >= 4 is 22.3 Å². The first-order valence-corrected chi connectivity index (χ1v) is 16.5. The minimum Gasteiger partial charge on any atom is -0.463 e. The Morgan fingerprint density at radius 2 is 1.87 bits per heavy atom. The molecule has 1 atom stereocenters. The lowest BCUT2D eigenvalue weighted by molar-refractivity contribution is 0.0210. The predicted molar refractivity (Wildman–Crippen MR) is 175 cm³/mol. The summed E-state index contributed by atoms with van der Waals surface area (Å²) in [5.41, 5.74) is 5.05. The van der Waals surface area contributed by atoms with Gasteiger partial charge in [0, 0.05) is 47.6 Å². The molecule has 0 bridgehead atoms. The molecular weight excluding hydrogens is 566 g/mol. The number of fused-ring (bicyclic) bond motifs is 2. The van der Waals surface area contributed by atoms with E-state index < -0.39 is 0 Å². The Hall–Kier alpha value is -3.76. The van der Waals surface area contributed by atoms with Gasteiger partial charge in [-0.15, -0.1) is 10.2 Å². The quantitative estimate of drug-likeness (QED) is 0.227. The maximum absolute atomic E-state index is 6.45. The van der Waals surface area contributed by atoms with Crippen molar-refractivity contribution in [1.82, 2.24) is 25.1 Å². The summed E-state index contributed by atoms with van der Waals surface area (Å²) in [5, 5.41) is 11.2. The average Bonchev–Trinajstić information content (AvgIpc) is 3.61. The molecule has 10 nitrogen and oxygen atoms in total. The molecule has 10 heteroatoms. The zero-order valence-corrected chi connectivity index (χ0v) is 27.3. The highest BCUT2D eigenvalue weighted by Gasteiger charge is 2.44. The lowest BCUT2D eigenvalue weighted by Gasteiger charge is -2.37. The Morgan fingerprint density at radius 3 is 2.60 bits per heavy atom. The van der Waals surface area contributed by atoms with Gasteiger partial charge in [0.25, 0.3) is 0 Å². The van der Waals surface area contributed by atoms with Gasteiger partial charge >= 0.3 is 6.01 Å². The van der Waals surface area contributed by atoms with Crippen molar-refractivity contribution in [2.45, 2.75) is 65.0 Å². The zero-order chi connectivity index (χ0) is 31.1. The summed E-state index contributed by atoms with van der Waals surface area (Å²) in [6.07, 6.45) is 3.87. The molecule has 0 N–H and O–H groups in total. The first-order chi connectivity index (χ1) is 21.8. The maximum Gasteiger partial charge on any atom is 0.318 e. The van der Waals surface area contributed by atoms with Crippen LogP contribution in [0.5, 0.6) is 6.01 Å². The van der Waals surface area contributed by atoms with Crippen LogP contribution in [-0.4, -0.2) is 78.6 Å². The van der Waals surface area contributed by atoms with Crippen LogP contribution < -0.4 is 14.5 Å². The molecule has 45 heavy (non-hydrogen) atoms. The van der Waals surface area contributed by atoms with Crippen LogP contribution in [0.2, 0.25) is 0 Å². The minimum atomic E-state index is -0.313. The average molecular weight is 612 g/mol. The number of morpholine rings is 1. The molecule has 2 aromatic heterocycles. The standard InChI is InChI=1S/C35H45N7O3/c1-6-24-9-7-10-25-11-8-12-28(30(24)25)41-16-13-26-27(19-41)36-34(44-22-35(14-15-35)21-40(4)5)37-31(26)42-17-18-43-29(20-42)33-39-38-32(45-33)23(2)3/h7-12,23,29H,6,13-22H2,1-5H3. The Kier molecular flexibility index (Phi) is 8.12. The third kappa shape index (κ3) is 6.10. The van der Waals surface area contributed by atoms with Crippen molar-refractivity contribution in [2.24, 2.45) is 5.41 Å². The zero-order valence-electron chi connectivity index (χ0n) is 27.3. The van der Waals surface area contributed by atoms with Crippen LogP contribution in [0.15, 0.2) is 40.8 Å². The van der Waals surface area contributed by atoms with Gasteiger partial charge in [0.1, 0.15) is 5.82 Å². The molecule has 7 rings (SSSR count). The highest BCUT2D eigenvalue weighted by molar-refractivity contribution is 5.97. The van der Waals surface area contributed by atoms with E-state index in [-0.39, 0.29) is 17.4 Å². The summed E-state index contributed by atoms with van der Waals surface area (Å²) in [4.78, 5) is 17.2. The van der Waals surface area contributed by atoms with E-state index >= 15 is 0 Å². The van der Waals surface area contributed by atoms with Crippen LogP contribution in [0.1, 0.15) is 74.2 Å². The Labute approximate surface area is 265 Å². The van der Waals surface area contributed by atoms with Crippen molar-refractivity contribution in [1.29, 1.82) is 0 Å². The van der Waals surface area contributed by atoms with E-state index in [1.165, 1.54) is 40.4 Å². The number of ether oxygens (including phenoxy) is 2. The number of nitrogens with zero attached hydrogens (tertiary/aromatic N) is 7. The molecule has 1 aliphatic carbocycles. The van der Waals surface area contributed by atoms with Crippen LogP contribution in [0.25, 0.3) is 10.8 Å². The van der Waals surface area contributed by atoms with Crippen LogP contribution in [0.4, 0.5) is 11.5 Å². The largest absolute Gasteiger partial charge is 0.463 e. The Bertz CT molecular complexity index is 1660. The molecule has 1 saturated carbocycles. The first-order valence-electron chi connectivity index (χ1n) is 16.5. The summed E-state index contributed by atoms with van der Waals surface area (Å²) < 4.78 is 18.6. The number of aryl methyl sites for hydroxylation is 1. The van der Waals surface area contributed by atoms with E-state index in [0.717, 1.165) is 44.0 Å². The number of rotatable bonds is 10. The molecule has 1 saturated heterocycles. The minimum absolute atomic E-state index is 0.167. The predicted octanol–water partition coefficient (Wildman–Crippen LogP) is 5.56. The normalized spacial score (nSPS) is 19.4. The number of aromatic nitrogens is 4. The van der Waals surface area contributed by atoms with E-state index in [9.17, 15) is 0 Å². The second kappa shape index (κ2) is 12.2. The second-order valence-corrected chi connectivity index (χ2v) is 13.5. The van der Waals surface area contributed by atoms with Crippen molar-refractivity contribution in [2.75, 3.05) is 63.3 Å². The molecule has 2 aromatic carbocycles. The first kappa shape index (κ1) is 29.9. The highest BCUT2D eigenvalue weighted by atomic mass is 16.5. The third-order valence-corrected chi connectivity index (χ3v) is 9.42. The molecule has 4 heterocycles. The van der Waals surface area contributed by atoms with Crippen molar-refractivity contribution in [3.05, 3.63) is 65.0 Å². The van der Waals surface area contributed by atoms with E-state index in [1.54, 1.807) is 0 Å². The molecule has 2 fully saturated rings. The van der Waals surface area contributed by atoms with Gasteiger partial charge in [0.05, 0.1) is 32.0 Å². The van der Waals surface area contributed by atoms with Gasteiger partial charge in [-0.25, -0.2) is 0 Å². The molecule has 0 amide bonds. The topological polar surface area (TPSA) is 92.9 Å². The maximum atomic E-state index is 6.45. The molecule has 4 aromatic rings. The molecule has 1 unspecified atom stereocenters. The molecule has 238 valence electrons. The fourth-order valence-electron chi connectivity index (χ4n) is 6.89. The van der Waals surface area contributed by atoms with Crippen molar-refractivity contribution in [3.63, 3.8) is 0 Å². The van der Waals surface area contributed by atoms with Gasteiger partial charge in [-0.1, -0.05) is 51.1 Å². The van der Waals surface area contributed by atoms with Gasteiger partial charge in [0.2, 0.25) is 11.8 Å². The third-order valence-electron chi connectivity index (χ3n) is 9.42. The number of anilines is 2. The summed E-state index contributed by atoms with van der Waals surface area (Å²) in [5.74, 6) is 2.26. The Morgan fingerprint density at radius 1 is 1.04 bits per heavy atom. The summed E-state index contributed by atoms with van der Waals surface area (Å²) in [6.45, 7) is 11.4. The molecule has 0 spiro atoms. The van der Waals surface area contributed by atoms with Crippen LogP contribution in [0.3, 0.4) is 0 Å². The van der Waals surface area contributed by atoms with E-state index in [4.69, 9.17) is 23.9 Å². The SMILES string of the molecule is CCc1cccc2cccc(N3CCc4c(nc(OCC5(CN(C)C)CC5)nc4N4CCOC(c5nnc(C(C)C)o5)C4)C3)c12. The smallest absolute Gasteiger partial charge is 0.318 e. The highest BCUT2D eigenvalue weighted by Crippen LogP contribution is 2.46. The van der Waals surface area contributed by atoms with Crippen LogP contribution in [0, 0.1) is 5.41 Å². The van der Waals surface area contributed by atoms with Crippen LogP contribution in [-0.2, 0) is 24.1 Å². The van der Waals surface area contributed by atoms with E-state index in [0.29, 0.717) is 44.1 Å². The number of hydrogen-bond acceptors (Lipinski definition) is 10. The fraction of sp³-hybridized carbons (Fsp3) is 0.543. The van der Waals surface area contributed by atoms with Gasteiger partial charge < -0.3 is 28.6 Å².